The van der Waals surface area contributed by atoms with Gasteiger partial charge in [0.1, 0.15) is 0 Å². The van der Waals surface area contributed by atoms with Crippen LogP contribution in [0.1, 0.15) is 0 Å². The van der Waals surface area contributed by atoms with Gasteiger partial charge in [0, 0.05) is 18.0 Å². The van der Waals surface area contributed by atoms with E-state index in [-0.39, 0.29) is 5.56 Å². The molecule has 0 saturated heterocycles. The maximum absolute atomic E-state index is 13.4. The molecule has 0 aliphatic heterocycles. The molecule has 1 heterocycles. The lowest BCUT2D eigenvalue weighted by molar-refractivity contribution is 0.451. The van der Waals surface area contributed by atoms with E-state index >= 15 is 0 Å². The van der Waals surface area contributed by atoms with Gasteiger partial charge in [0.2, 0.25) is 0 Å². The average molecular weight is 224 g/mol. The van der Waals surface area contributed by atoms with Crippen LogP contribution in [-0.4, -0.2) is 4.98 Å². The fourth-order valence-electron chi connectivity index (χ4n) is 1.37. The van der Waals surface area contributed by atoms with Crippen molar-refractivity contribution in [3.05, 3.63) is 48.0 Å². The standard InChI is InChI=1S/C11H7F3N2/c12-9-7(6-1-3-16-4-2-6)5-8(15)10(13)11(9)14/h1-5H,15H2. The van der Waals surface area contributed by atoms with Gasteiger partial charge in [-0.25, -0.2) is 13.2 Å². The minimum absolute atomic E-state index is 0.0844. The zero-order valence-electron chi connectivity index (χ0n) is 8.05. The van der Waals surface area contributed by atoms with E-state index in [9.17, 15) is 13.2 Å². The third-order valence-corrected chi connectivity index (χ3v) is 2.17. The minimum Gasteiger partial charge on any atom is -0.396 e. The summed E-state index contributed by atoms with van der Waals surface area (Å²) in [5.41, 5.74) is 5.11. The zero-order chi connectivity index (χ0) is 11.7. The number of nitrogens with zero attached hydrogens (tertiary/aromatic N) is 1. The Balaban J connectivity index is 2.68. The molecule has 0 radical (unpaired) electrons. The van der Waals surface area contributed by atoms with Crippen molar-refractivity contribution in [1.29, 1.82) is 0 Å². The van der Waals surface area contributed by atoms with Crippen molar-refractivity contribution in [2.45, 2.75) is 0 Å². The Kier molecular flexibility index (Phi) is 2.52. The van der Waals surface area contributed by atoms with Crippen LogP contribution in [0.15, 0.2) is 30.6 Å². The van der Waals surface area contributed by atoms with Crippen molar-refractivity contribution >= 4 is 5.69 Å². The first-order chi connectivity index (χ1) is 7.61. The van der Waals surface area contributed by atoms with Crippen LogP contribution in [0.2, 0.25) is 0 Å². The average Bonchev–Trinajstić information content (AvgIpc) is 2.32. The number of benzene rings is 1. The molecule has 5 heteroatoms. The van der Waals surface area contributed by atoms with Crippen molar-refractivity contribution in [2.75, 3.05) is 5.73 Å². The summed E-state index contributed by atoms with van der Waals surface area (Å²) in [6.07, 6.45) is 2.85. The van der Waals surface area contributed by atoms with E-state index in [4.69, 9.17) is 5.73 Å². The molecule has 0 saturated carbocycles. The topological polar surface area (TPSA) is 38.9 Å². The first-order valence-electron chi connectivity index (χ1n) is 4.44. The predicted octanol–water partition coefficient (Wildman–Crippen LogP) is 2.75. The smallest absolute Gasteiger partial charge is 0.197 e. The highest BCUT2D eigenvalue weighted by Crippen LogP contribution is 2.28. The zero-order valence-corrected chi connectivity index (χ0v) is 8.05. The van der Waals surface area contributed by atoms with E-state index in [1.54, 1.807) is 0 Å². The lowest BCUT2D eigenvalue weighted by Gasteiger charge is -2.06. The van der Waals surface area contributed by atoms with Crippen LogP contribution in [0.3, 0.4) is 0 Å². The summed E-state index contributed by atoms with van der Waals surface area (Å²) in [6.45, 7) is 0. The van der Waals surface area contributed by atoms with Crippen molar-refractivity contribution in [2.24, 2.45) is 0 Å². The fourth-order valence-corrected chi connectivity index (χ4v) is 1.37. The molecular weight excluding hydrogens is 217 g/mol. The van der Waals surface area contributed by atoms with E-state index in [1.165, 1.54) is 24.5 Å². The van der Waals surface area contributed by atoms with E-state index in [0.717, 1.165) is 6.07 Å². The second kappa shape index (κ2) is 3.84. The molecule has 16 heavy (non-hydrogen) atoms. The van der Waals surface area contributed by atoms with Crippen LogP contribution in [0.4, 0.5) is 18.9 Å². The van der Waals surface area contributed by atoms with Crippen LogP contribution in [0, 0.1) is 17.5 Å². The maximum atomic E-state index is 13.4. The summed E-state index contributed by atoms with van der Waals surface area (Å²) in [7, 11) is 0. The van der Waals surface area contributed by atoms with Gasteiger partial charge in [-0.05, 0) is 23.8 Å². The number of nitrogen functional groups attached to an aromatic ring is 1. The molecule has 0 atom stereocenters. The molecule has 0 aliphatic carbocycles. The lowest BCUT2D eigenvalue weighted by atomic mass is 10.1. The summed E-state index contributed by atoms with van der Waals surface area (Å²) in [5, 5.41) is 0. The number of pyridine rings is 1. The van der Waals surface area contributed by atoms with E-state index < -0.39 is 23.1 Å². The summed E-state index contributed by atoms with van der Waals surface area (Å²) in [6, 6.07) is 4.02. The fraction of sp³-hybridized carbons (Fsp3) is 0. The first-order valence-corrected chi connectivity index (χ1v) is 4.44. The number of rotatable bonds is 1. The number of aromatic nitrogens is 1. The van der Waals surface area contributed by atoms with Gasteiger partial charge in [-0.15, -0.1) is 0 Å². The molecule has 1 aromatic carbocycles. The van der Waals surface area contributed by atoms with Gasteiger partial charge in [-0.2, -0.15) is 0 Å². The Morgan fingerprint density at radius 3 is 2.19 bits per heavy atom. The molecule has 0 spiro atoms. The third kappa shape index (κ3) is 1.60. The molecule has 1 aromatic heterocycles. The maximum Gasteiger partial charge on any atom is 0.197 e. The lowest BCUT2D eigenvalue weighted by Crippen LogP contribution is -2.00. The molecule has 0 unspecified atom stereocenters. The third-order valence-electron chi connectivity index (χ3n) is 2.17. The monoisotopic (exact) mass is 224 g/mol. The Bertz CT molecular complexity index is 526. The van der Waals surface area contributed by atoms with Gasteiger partial charge in [0.05, 0.1) is 5.69 Å². The van der Waals surface area contributed by atoms with Gasteiger partial charge in [0.25, 0.3) is 0 Å². The summed E-state index contributed by atoms with van der Waals surface area (Å²) in [5.74, 6) is -4.18. The molecule has 2 aromatic rings. The molecule has 0 amide bonds. The second-order valence-corrected chi connectivity index (χ2v) is 3.19. The normalized spacial score (nSPS) is 10.4. The number of hydrogen-bond acceptors (Lipinski definition) is 2. The molecule has 0 fully saturated rings. The number of hydrogen-bond donors (Lipinski definition) is 1. The van der Waals surface area contributed by atoms with Gasteiger partial charge in [-0.3, -0.25) is 4.98 Å². The summed E-state index contributed by atoms with van der Waals surface area (Å²) < 4.78 is 39.5. The second-order valence-electron chi connectivity index (χ2n) is 3.19. The Hall–Kier alpha value is -2.04. The van der Waals surface area contributed by atoms with Crippen molar-refractivity contribution in [1.82, 2.24) is 4.98 Å². The largest absolute Gasteiger partial charge is 0.396 e. The number of anilines is 1. The van der Waals surface area contributed by atoms with Crippen LogP contribution in [-0.2, 0) is 0 Å². The molecule has 2 nitrogen and oxygen atoms in total. The Morgan fingerprint density at radius 2 is 1.56 bits per heavy atom. The van der Waals surface area contributed by atoms with Crippen LogP contribution in [0.5, 0.6) is 0 Å². The number of nitrogens with two attached hydrogens (primary N) is 1. The van der Waals surface area contributed by atoms with E-state index in [1.807, 2.05) is 0 Å². The predicted molar refractivity (Wildman–Crippen MR) is 54.0 cm³/mol. The van der Waals surface area contributed by atoms with Crippen LogP contribution >= 0.6 is 0 Å². The Labute approximate surface area is 89.5 Å². The highest BCUT2D eigenvalue weighted by Gasteiger charge is 2.17. The summed E-state index contributed by atoms with van der Waals surface area (Å²) in [4.78, 5) is 3.74. The van der Waals surface area contributed by atoms with E-state index in [2.05, 4.69) is 4.98 Å². The summed E-state index contributed by atoms with van der Waals surface area (Å²) >= 11 is 0. The minimum atomic E-state index is -1.56. The molecular formula is C11H7F3N2. The molecule has 0 bridgehead atoms. The number of halogens is 3. The molecule has 2 N–H and O–H groups in total. The van der Waals surface area contributed by atoms with Gasteiger partial charge < -0.3 is 5.73 Å². The van der Waals surface area contributed by atoms with Crippen molar-refractivity contribution < 1.29 is 13.2 Å². The van der Waals surface area contributed by atoms with Crippen LogP contribution < -0.4 is 5.73 Å². The highest BCUT2D eigenvalue weighted by molar-refractivity contribution is 5.68. The van der Waals surface area contributed by atoms with Crippen molar-refractivity contribution in [3.63, 3.8) is 0 Å². The van der Waals surface area contributed by atoms with E-state index in [0.29, 0.717) is 5.56 Å². The Morgan fingerprint density at radius 1 is 0.938 bits per heavy atom. The molecule has 2 rings (SSSR count). The van der Waals surface area contributed by atoms with Crippen molar-refractivity contribution in [3.8, 4) is 11.1 Å². The van der Waals surface area contributed by atoms with Gasteiger partial charge >= 0.3 is 0 Å². The quantitative estimate of drug-likeness (QED) is 0.597. The van der Waals surface area contributed by atoms with Gasteiger partial charge in [-0.1, -0.05) is 0 Å². The highest BCUT2D eigenvalue weighted by atomic mass is 19.2. The SMILES string of the molecule is Nc1cc(-c2ccncc2)c(F)c(F)c1F. The van der Waals surface area contributed by atoms with Crippen LogP contribution in [0.25, 0.3) is 11.1 Å². The molecule has 0 aliphatic rings. The first kappa shape index (κ1) is 10.5. The molecule has 82 valence electrons. The van der Waals surface area contributed by atoms with Gasteiger partial charge in [0.15, 0.2) is 17.5 Å².